The van der Waals surface area contributed by atoms with Gasteiger partial charge in [-0.1, -0.05) is 6.07 Å². The molecule has 4 heterocycles. The number of hydrogen-bond donors (Lipinski definition) is 3. The quantitative estimate of drug-likeness (QED) is 0.364. The molecular formula is C27H27N7O2. The zero-order chi connectivity index (χ0) is 24.5. The first-order chi connectivity index (χ1) is 17.6. The van der Waals surface area contributed by atoms with E-state index in [0.717, 1.165) is 49.1 Å². The molecule has 36 heavy (non-hydrogen) atoms. The number of likely N-dealkylation sites (tertiary alicyclic amines) is 1. The number of nitrogens with one attached hydrogen (secondary N) is 3. The van der Waals surface area contributed by atoms with Crippen LogP contribution in [0.25, 0.3) is 22.0 Å². The number of anilines is 2. The maximum Gasteiger partial charge on any atom is 0.276 e. The maximum absolute atomic E-state index is 13.2. The molecule has 2 amide bonds. The number of fused-ring (bicyclic) bond motifs is 1. The first-order valence-electron chi connectivity index (χ1n) is 12.3. The van der Waals surface area contributed by atoms with E-state index in [0.29, 0.717) is 16.8 Å². The molecular weight excluding hydrogens is 454 g/mol. The summed E-state index contributed by atoms with van der Waals surface area (Å²) in [5.41, 5.74) is 5.14. The number of carbonyl (C=O) groups is 2. The van der Waals surface area contributed by atoms with Gasteiger partial charge < -0.3 is 10.6 Å². The van der Waals surface area contributed by atoms with Gasteiger partial charge in [0.2, 0.25) is 5.91 Å². The molecule has 1 saturated heterocycles. The van der Waals surface area contributed by atoms with Crippen LogP contribution in [0.5, 0.6) is 0 Å². The highest BCUT2D eigenvalue weighted by Gasteiger charge is 2.30. The minimum Gasteiger partial charge on any atom is -0.324 e. The Hall–Kier alpha value is -4.11. The fourth-order valence-electron chi connectivity index (χ4n) is 4.66. The number of rotatable bonds is 7. The van der Waals surface area contributed by atoms with Crippen LogP contribution in [0.3, 0.4) is 0 Å². The van der Waals surface area contributed by atoms with E-state index in [-0.39, 0.29) is 23.4 Å². The average Bonchev–Trinajstić information content (AvgIpc) is 3.47. The lowest BCUT2D eigenvalue weighted by atomic mass is 10.0. The van der Waals surface area contributed by atoms with Crippen LogP contribution in [0.4, 0.5) is 11.4 Å². The Labute approximate surface area is 208 Å². The van der Waals surface area contributed by atoms with Crippen molar-refractivity contribution in [3.8, 4) is 11.1 Å². The molecule has 0 radical (unpaired) electrons. The highest BCUT2D eigenvalue weighted by molar-refractivity contribution is 6.13. The molecule has 1 aliphatic heterocycles. The fourth-order valence-corrected chi connectivity index (χ4v) is 4.66. The van der Waals surface area contributed by atoms with Crippen molar-refractivity contribution in [3.05, 3.63) is 66.4 Å². The van der Waals surface area contributed by atoms with Crippen LogP contribution >= 0.6 is 0 Å². The SMILES string of the molecule is O=C(Nc1cnccc1NC(=O)C1CC1)c1n[nH]c2ccc(-c3cncc(CN4CCCC4)c3)cc12. The van der Waals surface area contributed by atoms with E-state index in [2.05, 4.69) is 41.8 Å². The highest BCUT2D eigenvalue weighted by atomic mass is 16.2. The van der Waals surface area contributed by atoms with E-state index in [4.69, 9.17) is 0 Å². The van der Waals surface area contributed by atoms with E-state index in [1.807, 2.05) is 30.6 Å². The summed E-state index contributed by atoms with van der Waals surface area (Å²) in [4.78, 5) is 36.5. The summed E-state index contributed by atoms with van der Waals surface area (Å²) < 4.78 is 0. The highest BCUT2D eigenvalue weighted by Crippen LogP contribution is 2.32. The van der Waals surface area contributed by atoms with Crippen LogP contribution in [-0.2, 0) is 11.3 Å². The van der Waals surface area contributed by atoms with Crippen LogP contribution < -0.4 is 10.6 Å². The maximum atomic E-state index is 13.2. The van der Waals surface area contributed by atoms with Crippen LogP contribution in [0.15, 0.2) is 55.1 Å². The lowest BCUT2D eigenvalue weighted by Crippen LogP contribution is -2.18. The van der Waals surface area contributed by atoms with Crippen molar-refractivity contribution >= 4 is 34.1 Å². The molecule has 0 atom stereocenters. The van der Waals surface area contributed by atoms with Crippen LogP contribution in [0.2, 0.25) is 0 Å². The van der Waals surface area contributed by atoms with Gasteiger partial charge in [-0.25, -0.2) is 0 Å². The van der Waals surface area contributed by atoms with Gasteiger partial charge in [-0.2, -0.15) is 5.10 Å². The molecule has 3 N–H and O–H groups in total. The van der Waals surface area contributed by atoms with Gasteiger partial charge in [0.1, 0.15) is 0 Å². The average molecular weight is 482 g/mol. The number of hydrogen-bond acceptors (Lipinski definition) is 6. The van der Waals surface area contributed by atoms with E-state index < -0.39 is 0 Å². The van der Waals surface area contributed by atoms with Crippen molar-refractivity contribution in [3.63, 3.8) is 0 Å². The molecule has 0 unspecified atom stereocenters. The molecule has 182 valence electrons. The van der Waals surface area contributed by atoms with Gasteiger partial charge in [-0.05, 0) is 74.2 Å². The molecule has 9 heteroatoms. The van der Waals surface area contributed by atoms with Gasteiger partial charge in [0.05, 0.1) is 23.1 Å². The summed E-state index contributed by atoms with van der Waals surface area (Å²) in [7, 11) is 0. The third-order valence-corrected chi connectivity index (χ3v) is 6.79. The predicted molar refractivity (Wildman–Crippen MR) is 137 cm³/mol. The Balaban J connectivity index is 1.25. The molecule has 0 spiro atoms. The Bertz CT molecular complexity index is 1440. The third-order valence-electron chi connectivity index (χ3n) is 6.79. The van der Waals surface area contributed by atoms with Crippen molar-refractivity contribution in [1.82, 2.24) is 25.1 Å². The topological polar surface area (TPSA) is 116 Å². The minimum atomic E-state index is -0.380. The number of benzene rings is 1. The second kappa shape index (κ2) is 9.50. The Morgan fingerprint density at radius 3 is 2.64 bits per heavy atom. The number of amides is 2. The van der Waals surface area contributed by atoms with Crippen molar-refractivity contribution in [2.24, 2.45) is 5.92 Å². The lowest BCUT2D eigenvalue weighted by Gasteiger charge is -2.14. The first-order valence-corrected chi connectivity index (χ1v) is 12.3. The number of H-pyrrole nitrogens is 1. The zero-order valence-corrected chi connectivity index (χ0v) is 19.8. The van der Waals surface area contributed by atoms with Gasteiger partial charge in [-0.3, -0.25) is 29.6 Å². The summed E-state index contributed by atoms with van der Waals surface area (Å²) >= 11 is 0. The van der Waals surface area contributed by atoms with Gasteiger partial charge in [0.15, 0.2) is 5.69 Å². The number of aromatic amines is 1. The monoisotopic (exact) mass is 481 g/mol. The lowest BCUT2D eigenvalue weighted by molar-refractivity contribution is -0.117. The van der Waals surface area contributed by atoms with Crippen molar-refractivity contribution < 1.29 is 9.59 Å². The van der Waals surface area contributed by atoms with Crippen molar-refractivity contribution in [2.45, 2.75) is 32.2 Å². The largest absolute Gasteiger partial charge is 0.324 e. The molecule has 3 aromatic heterocycles. The smallest absolute Gasteiger partial charge is 0.276 e. The summed E-state index contributed by atoms with van der Waals surface area (Å²) in [5, 5.41) is 13.7. The van der Waals surface area contributed by atoms with Gasteiger partial charge in [0.25, 0.3) is 5.91 Å². The van der Waals surface area contributed by atoms with Crippen LogP contribution in [0.1, 0.15) is 41.7 Å². The van der Waals surface area contributed by atoms with E-state index in [1.54, 1.807) is 12.3 Å². The Morgan fingerprint density at radius 1 is 0.944 bits per heavy atom. The summed E-state index contributed by atoms with van der Waals surface area (Å²) in [6.07, 6.45) is 11.2. The standard InChI is InChI=1S/C27H27N7O2/c35-26(18-3-4-18)30-23-7-8-28-15-24(23)31-27(36)25-21-12-19(5-6-22(21)32-33-25)20-11-17(13-29-14-20)16-34-9-1-2-10-34/h5-8,11-15,18H,1-4,9-10,16H2,(H,31,36)(H,32,33)(H,28,30,35). The molecule has 1 aromatic carbocycles. The van der Waals surface area contributed by atoms with Crippen LogP contribution in [0, 0.1) is 5.92 Å². The number of aromatic nitrogens is 4. The minimum absolute atomic E-state index is 0.0351. The normalized spacial score (nSPS) is 15.8. The predicted octanol–water partition coefficient (Wildman–Crippen LogP) is 4.22. The number of nitrogens with zero attached hydrogens (tertiary/aromatic N) is 4. The second-order valence-electron chi connectivity index (χ2n) is 9.54. The third kappa shape index (κ3) is 4.70. The fraction of sp³-hybridized carbons (Fsp3) is 0.296. The molecule has 1 saturated carbocycles. The van der Waals surface area contributed by atoms with Gasteiger partial charge >= 0.3 is 0 Å². The summed E-state index contributed by atoms with van der Waals surface area (Å²) in [5.74, 6) is -0.361. The molecule has 1 aliphatic carbocycles. The van der Waals surface area contributed by atoms with Crippen LogP contribution in [-0.4, -0.2) is 50.0 Å². The Kier molecular flexibility index (Phi) is 5.90. The van der Waals surface area contributed by atoms with E-state index >= 15 is 0 Å². The van der Waals surface area contributed by atoms with Gasteiger partial charge in [0, 0.05) is 42.0 Å². The van der Waals surface area contributed by atoms with Crippen molar-refractivity contribution in [1.29, 1.82) is 0 Å². The zero-order valence-electron chi connectivity index (χ0n) is 19.8. The van der Waals surface area contributed by atoms with E-state index in [9.17, 15) is 9.59 Å². The molecule has 4 aromatic rings. The first kappa shape index (κ1) is 22.4. The Morgan fingerprint density at radius 2 is 1.81 bits per heavy atom. The van der Waals surface area contributed by atoms with Gasteiger partial charge in [-0.15, -0.1) is 0 Å². The summed E-state index contributed by atoms with van der Waals surface area (Å²) in [6, 6.07) is 9.73. The summed E-state index contributed by atoms with van der Waals surface area (Å²) in [6.45, 7) is 3.16. The molecule has 2 fully saturated rings. The molecule has 0 bridgehead atoms. The molecule has 2 aliphatic rings. The number of pyridine rings is 2. The molecule has 6 rings (SSSR count). The number of carbonyl (C=O) groups excluding carboxylic acids is 2. The van der Waals surface area contributed by atoms with Crippen molar-refractivity contribution in [2.75, 3.05) is 23.7 Å². The molecule has 9 nitrogen and oxygen atoms in total. The van der Waals surface area contributed by atoms with E-state index in [1.165, 1.54) is 24.6 Å². The second-order valence-corrected chi connectivity index (χ2v) is 9.54.